The van der Waals surface area contributed by atoms with Gasteiger partial charge in [0.25, 0.3) is 0 Å². The van der Waals surface area contributed by atoms with Crippen molar-refractivity contribution in [3.63, 3.8) is 0 Å². The molecule has 2 heterocycles. The van der Waals surface area contributed by atoms with Crippen molar-refractivity contribution in [1.82, 2.24) is 14.9 Å². The molecule has 1 saturated heterocycles. The third-order valence-corrected chi connectivity index (χ3v) is 4.40. The molecule has 1 atom stereocenters. The fourth-order valence-corrected chi connectivity index (χ4v) is 3.11. The Morgan fingerprint density at radius 3 is 3.06 bits per heavy atom. The molecule has 1 aromatic rings. The molecular formula is C12H21N3O2S. The topological polar surface area (TPSA) is 64.0 Å². The van der Waals surface area contributed by atoms with E-state index in [1.807, 2.05) is 12.5 Å². The molecule has 5 nitrogen and oxygen atoms in total. The molecular weight excluding hydrogens is 250 g/mol. The van der Waals surface area contributed by atoms with Crippen molar-refractivity contribution in [2.24, 2.45) is 0 Å². The Kier molecular flexibility index (Phi) is 4.40. The highest BCUT2D eigenvalue weighted by molar-refractivity contribution is 7.90. The van der Waals surface area contributed by atoms with Gasteiger partial charge in [0.1, 0.15) is 9.84 Å². The van der Waals surface area contributed by atoms with Gasteiger partial charge in [0, 0.05) is 37.2 Å². The minimum absolute atomic E-state index is 0.244. The van der Waals surface area contributed by atoms with Crippen LogP contribution in [-0.2, 0) is 16.4 Å². The van der Waals surface area contributed by atoms with Crippen molar-refractivity contribution >= 4 is 9.84 Å². The van der Waals surface area contributed by atoms with E-state index in [0.29, 0.717) is 12.3 Å². The van der Waals surface area contributed by atoms with Crippen LogP contribution in [0.15, 0.2) is 12.5 Å². The maximum Gasteiger partial charge on any atom is 0.147 e. The maximum absolute atomic E-state index is 11.1. The fourth-order valence-electron chi connectivity index (χ4n) is 2.46. The second kappa shape index (κ2) is 5.84. The average molecular weight is 271 g/mol. The van der Waals surface area contributed by atoms with Gasteiger partial charge in [0.15, 0.2) is 0 Å². The summed E-state index contributed by atoms with van der Waals surface area (Å²) in [5, 5.41) is 3.39. The SMILES string of the molecule is CS(=O)(=O)CCCn1cncc1C1CCCNC1. The zero-order valence-electron chi connectivity index (χ0n) is 10.8. The molecule has 1 unspecified atom stereocenters. The van der Waals surface area contributed by atoms with Crippen molar-refractivity contribution < 1.29 is 8.42 Å². The Labute approximate surface area is 109 Å². The molecule has 1 aliphatic rings. The molecule has 6 heteroatoms. The first-order chi connectivity index (χ1) is 8.56. The van der Waals surface area contributed by atoms with Crippen molar-refractivity contribution in [1.29, 1.82) is 0 Å². The first kappa shape index (κ1) is 13.5. The first-order valence-corrected chi connectivity index (χ1v) is 8.51. The molecule has 0 radical (unpaired) electrons. The van der Waals surface area contributed by atoms with Crippen LogP contribution >= 0.6 is 0 Å². The van der Waals surface area contributed by atoms with Gasteiger partial charge in [-0.1, -0.05) is 0 Å². The molecule has 1 aliphatic heterocycles. The molecule has 102 valence electrons. The van der Waals surface area contributed by atoms with E-state index in [0.717, 1.165) is 19.6 Å². The van der Waals surface area contributed by atoms with Crippen molar-refractivity contribution in [2.45, 2.75) is 31.7 Å². The normalized spacial score (nSPS) is 21.1. The van der Waals surface area contributed by atoms with Crippen LogP contribution in [0.25, 0.3) is 0 Å². The summed E-state index contributed by atoms with van der Waals surface area (Å²) in [6.07, 6.45) is 8.05. The van der Waals surface area contributed by atoms with E-state index in [-0.39, 0.29) is 5.75 Å². The van der Waals surface area contributed by atoms with Crippen LogP contribution in [0, 0.1) is 0 Å². The number of piperidine rings is 1. The van der Waals surface area contributed by atoms with Crippen molar-refractivity contribution in [2.75, 3.05) is 25.1 Å². The molecule has 1 aromatic heterocycles. The Morgan fingerprint density at radius 2 is 2.39 bits per heavy atom. The van der Waals surface area contributed by atoms with Gasteiger partial charge < -0.3 is 9.88 Å². The molecule has 0 aromatic carbocycles. The lowest BCUT2D eigenvalue weighted by Gasteiger charge is -2.23. The number of hydrogen-bond acceptors (Lipinski definition) is 4. The number of aryl methyl sites for hydroxylation is 1. The second-order valence-electron chi connectivity index (χ2n) is 5.04. The molecule has 1 fully saturated rings. The summed E-state index contributed by atoms with van der Waals surface area (Å²) in [6, 6.07) is 0. The molecule has 18 heavy (non-hydrogen) atoms. The standard InChI is InChI=1S/C12H21N3O2S/c1-18(16,17)7-3-6-15-10-14-9-12(15)11-4-2-5-13-8-11/h9-11,13H,2-8H2,1H3. The Hall–Kier alpha value is -0.880. The van der Waals surface area contributed by atoms with Gasteiger partial charge in [0.2, 0.25) is 0 Å². The van der Waals surface area contributed by atoms with Crippen LogP contribution in [-0.4, -0.2) is 43.1 Å². The molecule has 0 amide bonds. The number of nitrogens with one attached hydrogen (secondary N) is 1. The summed E-state index contributed by atoms with van der Waals surface area (Å²) in [6.45, 7) is 2.83. The van der Waals surface area contributed by atoms with Crippen molar-refractivity contribution in [3.05, 3.63) is 18.2 Å². The molecule has 2 rings (SSSR count). The van der Waals surface area contributed by atoms with E-state index < -0.39 is 9.84 Å². The highest BCUT2D eigenvalue weighted by atomic mass is 32.2. The van der Waals surface area contributed by atoms with E-state index in [9.17, 15) is 8.42 Å². The van der Waals surface area contributed by atoms with Crippen LogP contribution in [0.2, 0.25) is 0 Å². The fraction of sp³-hybridized carbons (Fsp3) is 0.750. The van der Waals surface area contributed by atoms with E-state index in [1.54, 1.807) is 0 Å². The molecule has 0 aliphatic carbocycles. The van der Waals surface area contributed by atoms with Gasteiger partial charge in [-0.05, 0) is 25.8 Å². The highest BCUT2D eigenvalue weighted by Crippen LogP contribution is 2.22. The molecule has 1 N–H and O–H groups in total. The minimum atomic E-state index is -2.86. The zero-order chi connectivity index (χ0) is 13.0. The lowest BCUT2D eigenvalue weighted by atomic mass is 9.96. The van der Waals surface area contributed by atoms with Gasteiger partial charge in [-0.2, -0.15) is 0 Å². The largest absolute Gasteiger partial charge is 0.334 e. The second-order valence-corrected chi connectivity index (χ2v) is 7.30. The van der Waals surface area contributed by atoms with Crippen LogP contribution in [0.1, 0.15) is 30.9 Å². The molecule has 0 saturated carbocycles. The zero-order valence-corrected chi connectivity index (χ0v) is 11.6. The van der Waals surface area contributed by atoms with E-state index in [4.69, 9.17) is 0 Å². The van der Waals surface area contributed by atoms with Crippen LogP contribution < -0.4 is 5.32 Å². The first-order valence-electron chi connectivity index (χ1n) is 6.45. The number of sulfone groups is 1. The number of aromatic nitrogens is 2. The van der Waals surface area contributed by atoms with Crippen LogP contribution in [0.3, 0.4) is 0 Å². The number of nitrogens with zero attached hydrogens (tertiary/aromatic N) is 2. The number of imidazole rings is 1. The summed E-state index contributed by atoms with van der Waals surface area (Å²) >= 11 is 0. The summed E-state index contributed by atoms with van der Waals surface area (Å²) in [5.74, 6) is 0.757. The minimum Gasteiger partial charge on any atom is -0.334 e. The molecule has 0 spiro atoms. The van der Waals surface area contributed by atoms with Crippen LogP contribution in [0.4, 0.5) is 0 Å². The summed E-state index contributed by atoms with van der Waals surface area (Å²) in [5.41, 5.74) is 1.23. The van der Waals surface area contributed by atoms with Gasteiger partial charge in [-0.25, -0.2) is 13.4 Å². The summed E-state index contributed by atoms with van der Waals surface area (Å²) in [4.78, 5) is 4.20. The van der Waals surface area contributed by atoms with Gasteiger partial charge >= 0.3 is 0 Å². The van der Waals surface area contributed by atoms with Crippen LogP contribution in [0.5, 0.6) is 0 Å². The smallest absolute Gasteiger partial charge is 0.147 e. The third kappa shape index (κ3) is 3.81. The predicted molar refractivity (Wildman–Crippen MR) is 71.4 cm³/mol. The summed E-state index contributed by atoms with van der Waals surface area (Å²) < 4.78 is 24.3. The highest BCUT2D eigenvalue weighted by Gasteiger charge is 2.18. The Bertz CT molecular complexity index is 475. The predicted octanol–water partition coefficient (Wildman–Crippen LogP) is 0.785. The van der Waals surface area contributed by atoms with Crippen molar-refractivity contribution in [3.8, 4) is 0 Å². The number of hydrogen-bond donors (Lipinski definition) is 1. The third-order valence-electron chi connectivity index (χ3n) is 3.37. The Balaban J connectivity index is 1.94. The van der Waals surface area contributed by atoms with Gasteiger partial charge in [-0.3, -0.25) is 0 Å². The summed E-state index contributed by atoms with van der Waals surface area (Å²) in [7, 11) is -2.86. The number of rotatable bonds is 5. The van der Waals surface area contributed by atoms with E-state index in [1.165, 1.54) is 24.8 Å². The van der Waals surface area contributed by atoms with Gasteiger partial charge in [-0.15, -0.1) is 0 Å². The molecule has 0 bridgehead atoms. The lowest BCUT2D eigenvalue weighted by Crippen LogP contribution is -2.29. The quantitative estimate of drug-likeness (QED) is 0.860. The maximum atomic E-state index is 11.1. The van der Waals surface area contributed by atoms with Gasteiger partial charge in [0.05, 0.1) is 12.1 Å². The average Bonchev–Trinajstić information content (AvgIpc) is 2.77. The lowest BCUT2D eigenvalue weighted by molar-refractivity contribution is 0.439. The van der Waals surface area contributed by atoms with E-state index >= 15 is 0 Å². The Morgan fingerprint density at radius 1 is 1.56 bits per heavy atom. The van der Waals surface area contributed by atoms with E-state index in [2.05, 4.69) is 14.9 Å². The monoisotopic (exact) mass is 271 g/mol.